The second-order valence-electron chi connectivity index (χ2n) is 8.27. The fourth-order valence-corrected chi connectivity index (χ4v) is 4.94. The lowest BCUT2D eigenvalue weighted by Gasteiger charge is -2.22. The third kappa shape index (κ3) is 3.55. The van der Waals surface area contributed by atoms with Gasteiger partial charge in [0.25, 0.3) is 0 Å². The summed E-state index contributed by atoms with van der Waals surface area (Å²) in [6.45, 7) is 1.92. The van der Waals surface area contributed by atoms with Crippen LogP contribution in [0.4, 0.5) is 11.5 Å². The zero-order valence-electron chi connectivity index (χ0n) is 19.5. The first kappa shape index (κ1) is 22.4. The number of imidazole rings is 1. The Kier molecular flexibility index (Phi) is 5.50. The lowest BCUT2D eigenvalue weighted by Crippen LogP contribution is -2.15. The number of H-pyrrole nitrogens is 1. The van der Waals surface area contributed by atoms with Crippen LogP contribution in [0.15, 0.2) is 63.6 Å². The van der Waals surface area contributed by atoms with Gasteiger partial charge in [0, 0.05) is 41.0 Å². The molecule has 6 rings (SSSR count). The SMILES string of the molecule is CCc1cc(N(C)c2ccc3oc(-c4ccccc4-c4nn[nH]n4)c(Br)c3c2)n2c(CO)cnc2n1. The summed E-state index contributed by atoms with van der Waals surface area (Å²) in [6.07, 6.45) is 2.43. The Morgan fingerprint density at radius 2 is 1.97 bits per heavy atom. The maximum Gasteiger partial charge on any atom is 0.235 e. The standard InChI is InChI=1S/C25H21BrN8O2/c1-3-14-10-21(34-16(13-35)12-27-25(34)28-14)33(2)15-8-9-20-19(11-15)22(26)23(36-20)17-6-4-5-7-18(17)24-29-31-32-30-24/h4-12,35H,3,13H2,1-2H3,(H,29,30,31,32). The van der Waals surface area contributed by atoms with E-state index in [0.29, 0.717) is 23.1 Å². The van der Waals surface area contributed by atoms with E-state index in [1.54, 1.807) is 6.20 Å². The number of anilines is 2. The summed E-state index contributed by atoms with van der Waals surface area (Å²) in [4.78, 5) is 11.1. The summed E-state index contributed by atoms with van der Waals surface area (Å²) >= 11 is 3.77. The van der Waals surface area contributed by atoms with Gasteiger partial charge in [-0.05, 0) is 45.8 Å². The molecule has 2 aromatic carbocycles. The number of halogens is 1. The number of aryl methyl sites for hydroxylation is 1. The Balaban J connectivity index is 1.48. The Morgan fingerprint density at radius 1 is 1.14 bits per heavy atom. The van der Waals surface area contributed by atoms with Gasteiger partial charge in [-0.3, -0.25) is 4.40 Å². The number of aromatic amines is 1. The fourth-order valence-electron chi connectivity index (χ4n) is 4.34. The van der Waals surface area contributed by atoms with E-state index in [9.17, 15) is 5.11 Å². The molecule has 0 bridgehead atoms. The molecule has 36 heavy (non-hydrogen) atoms. The summed E-state index contributed by atoms with van der Waals surface area (Å²) in [5.74, 6) is 2.60. The highest BCUT2D eigenvalue weighted by Gasteiger charge is 2.21. The van der Waals surface area contributed by atoms with Crippen LogP contribution in [0.3, 0.4) is 0 Å². The molecule has 0 saturated carbocycles. The van der Waals surface area contributed by atoms with Crippen molar-refractivity contribution in [1.29, 1.82) is 0 Å². The normalized spacial score (nSPS) is 11.6. The van der Waals surface area contributed by atoms with Gasteiger partial charge in [0.15, 0.2) is 0 Å². The summed E-state index contributed by atoms with van der Waals surface area (Å²) in [5, 5.41) is 25.3. The van der Waals surface area contributed by atoms with Gasteiger partial charge < -0.3 is 14.4 Å². The van der Waals surface area contributed by atoms with Crippen LogP contribution in [0.1, 0.15) is 18.3 Å². The number of hydrogen-bond donors (Lipinski definition) is 2. The van der Waals surface area contributed by atoms with Gasteiger partial charge in [-0.25, -0.2) is 9.97 Å². The van der Waals surface area contributed by atoms with Crippen molar-refractivity contribution in [1.82, 2.24) is 35.0 Å². The highest BCUT2D eigenvalue weighted by Crippen LogP contribution is 2.42. The molecule has 0 atom stereocenters. The molecule has 0 aliphatic carbocycles. The van der Waals surface area contributed by atoms with Crippen LogP contribution in [0, 0.1) is 0 Å². The Labute approximate surface area is 213 Å². The lowest BCUT2D eigenvalue weighted by atomic mass is 10.0. The van der Waals surface area contributed by atoms with E-state index in [2.05, 4.69) is 64.4 Å². The topological polar surface area (TPSA) is 121 Å². The first-order valence-electron chi connectivity index (χ1n) is 11.3. The first-order valence-corrected chi connectivity index (χ1v) is 12.1. The van der Waals surface area contributed by atoms with Crippen LogP contribution in [-0.4, -0.2) is 47.1 Å². The van der Waals surface area contributed by atoms with Gasteiger partial charge in [-0.1, -0.05) is 31.2 Å². The number of nitrogens with one attached hydrogen (secondary N) is 1. The Morgan fingerprint density at radius 3 is 2.72 bits per heavy atom. The predicted molar refractivity (Wildman–Crippen MR) is 139 cm³/mol. The smallest absolute Gasteiger partial charge is 0.235 e. The highest BCUT2D eigenvalue weighted by molar-refractivity contribution is 9.10. The van der Waals surface area contributed by atoms with Crippen LogP contribution in [0.25, 0.3) is 39.5 Å². The minimum atomic E-state index is -0.134. The molecule has 0 aliphatic heterocycles. The van der Waals surface area contributed by atoms with E-state index >= 15 is 0 Å². The van der Waals surface area contributed by atoms with E-state index < -0.39 is 0 Å². The van der Waals surface area contributed by atoms with Gasteiger partial charge >= 0.3 is 0 Å². The predicted octanol–water partition coefficient (Wildman–Crippen LogP) is 4.91. The zero-order chi connectivity index (χ0) is 24.8. The number of tetrazole rings is 1. The third-order valence-electron chi connectivity index (χ3n) is 6.21. The second-order valence-corrected chi connectivity index (χ2v) is 9.06. The van der Waals surface area contributed by atoms with Crippen molar-refractivity contribution in [3.05, 3.63) is 70.6 Å². The average Bonchev–Trinajstić information content (AvgIpc) is 3.67. The molecule has 0 aliphatic rings. The Hall–Kier alpha value is -4.09. The average molecular weight is 545 g/mol. The highest BCUT2D eigenvalue weighted by atomic mass is 79.9. The number of aromatic nitrogens is 7. The third-order valence-corrected chi connectivity index (χ3v) is 7.00. The van der Waals surface area contributed by atoms with Gasteiger partial charge in [-0.2, -0.15) is 5.21 Å². The summed E-state index contributed by atoms with van der Waals surface area (Å²) < 4.78 is 8.99. The number of aliphatic hydroxyl groups excluding tert-OH is 1. The number of benzene rings is 2. The number of furan rings is 1. The molecule has 11 heteroatoms. The van der Waals surface area contributed by atoms with Crippen molar-refractivity contribution >= 4 is 44.2 Å². The molecule has 0 radical (unpaired) electrons. The maximum absolute atomic E-state index is 9.87. The maximum atomic E-state index is 9.87. The Bertz CT molecular complexity index is 1710. The summed E-state index contributed by atoms with van der Waals surface area (Å²) in [5.41, 5.74) is 4.94. The van der Waals surface area contributed by atoms with Gasteiger partial charge in [0.1, 0.15) is 17.2 Å². The molecule has 2 N–H and O–H groups in total. The molecule has 180 valence electrons. The van der Waals surface area contributed by atoms with Crippen LogP contribution in [-0.2, 0) is 13.0 Å². The molecular formula is C25H21BrN8O2. The van der Waals surface area contributed by atoms with Crippen LogP contribution < -0.4 is 4.90 Å². The van der Waals surface area contributed by atoms with E-state index in [-0.39, 0.29) is 6.61 Å². The molecule has 6 aromatic rings. The van der Waals surface area contributed by atoms with E-state index in [4.69, 9.17) is 4.42 Å². The van der Waals surface area contributed by atoms with Crippen LogP contribution in [0.2, 0.25) is 0 Å². The summed E-state index contributed by atoms with van der Waals surface area (Å²) in [6, 6.07) is 15.8. The van der Waals surface area contributed by atoms with Crippen molar-refractivity contribution in [2.45, 2.75) is 20.0 Å². The summed E-state index contributed by atoms with van der Waals surface area (Å²) in [7, 11) is 1.98. The number of aliphatic hydroxyl groups is 1. The monoisotopic (exact) mass is 544 g/mol. The van der Waals surface area contributed by atoms with E-state index in [1.807, 2.05) is 53.9 Å². The molecule has 0 unspecified atom stereocenters. The number of hydrogen-bond acceptors (Lipinski definition) is 8. The van der Waals surface area contributed by atoms with Crippen LogP contribution >= 0.6 is 15.9 Å². The molecule has 0 saturated heterocycles. The van der Waals surface area contributed by atoms with Crippen molar-refractivity contribution in [3.63, 3.8) is 0 Å². The molecule has 0 spiro atoms. The number of fused-ring (bicyclic) bond motifs is 2. The fraction of sp³-hybridized carbons (Fsp3) is 0.160. The van der Waals surface area contributed by atoms with E-state index in [0.717, 1.165) is 50.2 Å². The molecule has 10 nitrogen and oxygen atoms in total. The minimum absolute atomic E-state index is 0.134. The molecule has 0 fully saturated rings. The second kappa shape index (κ2) is 8.85. The quantitative estimate of drug-likeness (QED) is 0.303. The van der Waals surface area contributed by atoms with Crippen molar-refractivity contribution in [2.24, 2.45) is 0 Å². The van der Waals surface area contributed by atoms with Gasteiger partial charge in [0.05, 0.1) is 23.0 Å². The van der Waals surface area contributed by atoms with Crippen molar-refractivity contribution in [2.75, 3.05) is 11.9 Å². The van der Waals surface area contributed by atoms with E-state index in [1.165, 1.54) is 0 Å². The minimum Gasteiger partial charge on any atom is -0.455 e. The zero-order valence-corrected chi connectivity index (χ0v) is 21.1. The number of nitrogens with zero attached hydrogens (tertiary/aromatic N) is 7. The molecular weight excluding hydrogens is 524 g/mol. The largest absolute Gasteiger partial charge is 0.455 e. The van der Waals surface area contributed by atoms with Crippen molar-refractivity contribution in [3.8, 4) is 22.7 Å². The van der Waals surface area contributed by atoms with Crippen molar-refractivity contribution < 1.29 is 9.52 Å². The molecule has 4 heterocycles. The first-order chi connectivity index (χ1) is 17.6. The number of rotatable bonds is 6. The van der Waals surface area contributed by atoms with Gasteiger partial charge in [0.2, 0.25) is 11.6 Å². The van der Waals surface area contributed by atoms with Crippen LogP contribution in [0.5, 0.6) is 0 Å². The molecule has 4 aromatic heterocycles. The molecule has 0 amide bonds. The lowest BCUT2D eigenvalue weighted by molar-refractivity contribution is 0.276. The van der Waals surface area contributed by atoms with Gasteiger partial charge in [-0.15, -0.1) is 10.2 Å².